The van der Waals surface area contributed by atoms with Crippen molar-refractivity contribution in [2.75, 3.05) is 0 Å². The molecule has 34 heteroatoms. The fourth-order valence-corrected chi connectivity index (χ4v) is 0. The van der Waals surface area contributed by atoms with Gasteiger partial charge in [0, 0.05) is 21.1 Å². The molecule has 0 atom stereocenters. The summed E-state index contributed by atoms with van der Waals surface area (Å²) in [4.78, 5) is 66.0. The Bertz CT molecular complexity index is 367. The van der Waals surface area contributed by atoms with Crippen LogP contribution in [0.3, 0.4) is 0 Å². The summed E-state index contributed by atoms with van der Waals surface area (Å²) in [5.74, 6) is 0. The molecule has 198 valence electrons. The minimum absolute atomic E-state index is 0. The maximum Gasteiger partial charge on any atom is 4.00 e. The second kappa shape index (κ2) is 56.4. The molecule has 0 aliphatic carbocycles. The minimum atomic E-state index is -1.75. The van der Waals surface area contributed by atoms with E-state index in [-0.39, 0.29) is 32.0 Å². The van der Waals surface area contributed by atoms with Crippen molar-refractivity contribution in [1.29, 1.82) is 0 Å². The largest absolute Gasteiger partial charge is 4.00 e. The molecule has 0 aromatic carbocycles. The molecular formula is N8O24SiW-4. The van der Waals surface area contributed by atoms with Gasteiger partial charge in [0.2, 0.25) is 0 Å². The Morgan fingerprint density at radius 3 is 0.235 bits per heavy atom. The monoisotopic (exact) mass is 708 g/mol. The van der Waals surface area contributed by atoms with Gasteiger partial charge in [-0.05, 0) is 0 Å². The average Bonchev–Trinajstić information content (AvgIpc) is 2.30. The third-order valence-electron chi connectivity index (χ3n) is 0. The maximum absolute atomic E-state index is 8.25. The summed E-state index contributed by atoms with van der Waals surface area (Å²) in [5.41, 5.74) is 0. The summed E-state index contributed by atoms with van der Waals surface area (Å²) in [5, 5.41) is 118. The zero-order valence-corrected chi connectivity index (χ0v) is 18.2. The van der Waals surface area contributed by atoms with Gasteiger partial charge < -0.3 is 123 Å². The van der Waals surface area contributed by atoms with Crippen LogP contribution in [0.4, 0.5) is 0 Å². The molecule has 32 nitrogen and oxygen atoms in total. The van der Waals surface area contributed by atoms with E-state index in [9.17, 15) is 0 Å². The van der Waals surface area contributed by atoms with Gasteiger partial charge in [-0.15, -0.1) is 0 Å². The molecule has 0 spiro atoms. The second-order valence-corrected chi connectivity index (χ2v) is 1.79. The van der Waals surface area contributed by atoms with Crippen molar-refractivity contribution < 1.29 is 61.8 Å². The fourth-order valence-electron chi connectivity index (χ4n) is 0. The summed E-state index contributed by atoms with van der Waals surface area (Å²) in [6.07, 6.45) is 0. The van der Waals surface area contributed by atoms with E-state index in [0.717, 1.165) is 0 Å². The van der Waals surface area contributed by atoms with Crippen molar-refractivity contribution in [2.45, 2.75) is 0 Å². The molecule has 0 saturated heterocycles. The zero-order chi connectivity index (χ0) is 28.6. The molecular weight excluding hydrogens is 708 g/mol. The topological polar surface area (TPSA) is 530 Å². The summed E-state index contributed by atoms with van der Waals surface area (Å²) < 4.78 is 0. The van der Waals surface area contributed by atoms with Gasteiger partial charge in [0.05, 0.1) is 40.7 Å². The van der Waals surface area contributed by atoms with Gasteiger partial charge in [0.1, 0.15) is 0 Å². The van der Waals surface area contributed by atoms with E-state index < -0.39 is 40.7 Å². The average molecular weight is 708 g/mol. The molecule has 0 saturated carbocycles. The first kappa shape index (κ1) is 63.0. The Balaban J connectivity index is -0.0000000240. The summed E-state index contributed by atoms with van der Waals surface area (Å²) >= 11 is 0. The van der Waals surface area contributed by atoms with Crippen LogP contribution < -0.4 is 0 Å². The predicted molar refractivity (Wildman–Crippen MR) is 88.6 cm³/mol. The minimum Gasteiger partial charge on any atom is -0.356 e. The van der Waals surface area contributed by atoms with Crippen LogP contribution in [0, 0.1) is 123 Å². The van der Waals surface area contributed by atoms with Gasteiger partial charge >= 0.3 is 11.0 Å². The molecule has 0 heterocycles. The Labute approximate surface area is 196 Å². The van der Waals surface area contributed by atoms with Gasteiger partial charge in [-0.1, -0.05) is 0 Å². The van der Waals surface area contributed by atoms with Crippen LogP contribution in [0.25, 0.3) is 0 Å². The summed E-state index contributed by atoms with van der Waals surface area (Å²) in [6.45, 7) is 0. The number of hydrogen-bond acceptors (Lipinski definition) is 24. The van der Waals surface area contributed by atoms with Crippen LogP contribution in [-0.2, 0) is 21.1 Å². The SMILES string of the molecule is O=[N+]([O-])[O-].O=[N+]([O-])[O-].O=[N+]([O-])[O-].O=[N+]([O-])[O-].O=[N+]([O-])[O-].O=[N+]([O-])[O-].O=[N+]([O-])[O-].O=[N+]([O-])[O-].[Si+4].[W]. The third-order valence-corrected chi connectivity index (χ3v) is 0. The zero-order valence-electron chi connectivity index (χ0n) is 14.3. The van der Waals surface area contributed by atoms with Gasteiger partial charge in [-0.3, -0.25) is 0 Å². The van der Waals surface area contributed by atoms with E-state index in [4.69, 9.17) is 123 Å². The van der Waals surface area contributed by atoms with Gasteiger partial charge in [0.25, 0.3) is 0 Å². The summed E-state index contributed by atoms with van der Waals surface area (Å²) in [6, 6.07) is 0. The molecule has 0 unspecified atom stereocenters. The molecule has 0 amide bonds. The molecule has 34 heavy (non-hydrogen) atoms. The first-order chi connectivity index (χ1) is 13.9. The van der Waals surface area contributed by atoms with E-state index in [2.05, 4.69) is 0 Å². The number of hydrogen-bond donors (Lipinski definition) is 0. The number of nitrogens with zero attached hydrogens (tertiary/aromatic N) is 8. The van der Waals surface area contributed by atoms with Crippen LogP contribution >= 0.6 is 0 Å². The van der Waals surface area contributed by atoms with E-state index in [1.54, 1.807) is 0 Å². The van der Waals surface area contributed by atoms with Gasteiger partial charge in [-0.2, -0.15) is 0 Å². The molecule has 0 fully saturated rings. The van der Waals surface area contributed by atoms with Gasteiger partial charge in [-0.25, -0.2) is 0 Å². The molecule has 0 bridgehead atoms. The second-order valence-electron chi connectivity index (χ2n) is 1.79. The summed E-state index contributed by atoms with van der Waals surface area (Å²) in [7, 11) is 0. The Kier molecular flexibility index (Phi) is 105. The van der Waals surface area contributed by atoms with Crippen LogP contribution in [0.2, 0.25) is 0 Å². The van der Waals surface area contributed by atoms with Crippen molar-refractivity contribution in [3.05, 3.63) is 123 Å². The molecule has 0 N–H and O–H groups in total. The van der Waals surface area contributed by atoms with Crippen LogP contribution in [0.15, 0.2) is 0 Å². The normalized spacial score (nSPS) is 5.65. The molecule has 0 radical (unpaired) electrons. The molecule has 0 aromatic heterocycles. The van der Waals surface area contributed by atoms with Crippen molar-refractivity contribution in [2.24, 2.45) is 0 Å². The standard InChI is InChI=1S/8NO3.Si.W/c8*2-1(3)4;;/q8*-1;+4;. The molecule has 0 rings (SSSR count). The first-order valence-corrected chi connectivity index (χ1v) is 4.38. The predicted octanol–water partition coefficient (Wildman–Crippen LogP) is -2.30. The van der Waals surface area contributed by atoms with E-state index in [1.807, 2.05) is 0 Å². The fraction of sp³-hybridized carbons (Fsp3) is 0. The first-order valence-electron chi connectivity index (χ1n) is 4.38. The Hall–Kier alpha value is -5.49. The van der Waals surface area contributed by atoms with Crippen molar-refractivity contribution in [1.82, 2.24) is 0 Å². The quantitative estimate of drug-likeness (QED) is 0.145. The third kappa shape index (κ3) is 571. The van der Waals surface area contributed by atoms with Crippen LogP contribution in [0.1, 0.15) is 0 Å². The maximum atomic E-state index is 8.25. The Morgan fingerprint density at radius 1 is 0.235 bits per heavy atom. The van der Waals surface area contributed by atoms with Crippen molar-refractivity contribution in [3.8, 4) is 0 Å². The van der Waals surface area contributed by atoms with Gasteiger partial charge in [0.15, 0.2) is 0 Å². The van der Waals surface area contributed by atoms with Crippen LogP contribution in [-0.4, -0.2) is 51.7 Å². The Morgan fingerprint density at radius 2 is 0.235 bits per heavy atom. The van der Waals surface area contributed by atoms with E-state index >= 15 is 0 Å². The van der Waals surface area contributed by atoms with Crippen molar-refractivity contribution >= 4 is 11.0 Å². The van der Waals surface area contributed by atoms with E-state index in [1.165, 1.54) is 0 Å². The molecule has 0 aliphatic rings. The molecule has 0 aliphatic heterocycles. The molecule has 0 aromatic rings. The van der Waals surface area contributed by atoms with Crippen molar-refractivity contribution in [3.63, 3.8) is 0 Å². The number of rotatable bonds is 0. The smallest absolute Gasteiger partial charge is 0.356 e. The van der Waals surface area contributed by atoms with Crippen LogP contribution in [0.5, 0.6) is 0 Å². The van der Waals surface area contributed by atoms with E-state index in [0.29, 0.717) is 0 Å².